The van der Waals surface area contributed by atoms with Crippen molar-refractivity contribution in [3.63, 3.8) is 0 Å². The SMILES string of the molecule is CNCc1ccc(-c2c[nH]c3ccccc23)nn1. The zero-order valence-corrected chi connectivity index (χ0v) is 10.1. The third kappa shape index (κ3) is 1.87. The van der Waals surface area contributed by atoms with Crippen LogP contribution < -0.4 is 5.32 Å². The Balaban J connectivity index is 2.03. The zero-order valence-electron chi connectivity index (χ0n) is 10.1. The maximum absolute atomic E-state index is 4.28. The first-order chi connectivity index (χ1) is 8.88. The quantitative estimate of drug-likeness (QED) is 0.736. The fourth-order valence-electron chi connectivity index (χ4n) is 2.06. The van der Waals surface area contributed by atoms with Crippen molar-refractivity contribution in [2.45, 2.75) is 6.54 Å². The zero-order chi connectivity index (χ0) is 12.4. The fourth-order valence-corrected chi connectivity index (χ4v) is 2.06. The third-order valence-electron chi connectivity index (χ3n) is 2.94. The summed E-state index contributed by atoms with van der Waals surface area (Å²) in [4.78, 5) is 3.25. The van der Waals surface area contributed by atoms with Crippen LogP contribution in [0.25, 0.3) is 22.2 Å². The Kier molecular flexibility index (Phi) is 2.78. The summed E-state index contributed by atoms with van der Waals surface area (Å²) in [6.45, 7) is 0.737. The smallest absolute Gasteiger partial charge is 0.0951 e. The van der Waals surface area contributed by atoms with E-state index < -0.39 is 0 Å². The summed E-state index contributed by atoms with van der Waals surface area (Å²) in [7, 11) is 1.90. The number of H-pyrrole nitrogens is 1. The van der Waals surface area contributed by atoms with Crippen molar-refractivity contribution in [2.75, 3.05) is 7.05 Å². The van der Waals surface area contributed by atoms with E-state index in [0.717, 1.165) is 29.0 Å². The van der Waals surface area contributed by atoms with Gasteiger partial charge in [-0.2, -0.15) is 10.2 Å². The summed E-state index contributed by atoms with van der Waals surface area (Å²) in [5.74, 6) is 0. The molecule has 3 rings (SSSR count). The van der Waals surface area contributed by atoms with E-state index in [-0.39, 0.29) is 0 Å². The van der Waals surface area contributed by atoms with E-state index in [1.807, 2.05) is 37.5 Å². The van der Waals surface area contributed by atoms with E-state index in [1.54, 1.807) is 0 Å². The molecule has 0 fully saturated rings. The van der Waals surface area contributed by atoms with Crippen molar-refractivity contribution in [3.8, 4) is 11.3 Å². The molecule has 4 heteroatoms. The highest BCUT2D eigenvalue weighted by atomic mass is 15.1. The number of hydrogen-bond acceptors (Lipinski definition) is 3. The van der Waals surface area contributed by atoms with Gasteiger partial charge in [0.1, 0.15) is 0 Å². The standard InChI is InChI=1S/C14H14N4/c1-15-8-10-6-7-14(18-17-10)12-9-16-13-5-3-2-4-11(12)13/h2-7,9,15-16H,8H2,1H3. The van der Waals surface area contributed by atoms with Crippen molar-refractivity contribution >= 4 is 10.9 Å². The van der Waals surface area contributed by atoms with E-state index in [0.29, 0.717) is 0 Å². The highest BCUT2D eigenvalue weighted by Gasteiger charge is 2.07. The van der Waals surface area contributed by atoms with E-state index in [4.69, 9.17) is 0 Å². The van der Waals surface area contributed by atoms with E-state index in [2.05, 4.69) is 32.6 Å². The summed E-state index contributed by atoms with van der Waals surface area (Å²) in [5.41, 5.74) is 4.05. The molecule has 0 radical (unpaired) electrons. The maximum Gasteiger partial charge on any atom is 0.0951 e. The molecule has 1 aromatic carbocycles. The number of benzene rings is 1. The lowest BCUT2D eigenvalue weighted by Crippen LogP contribution is -2.07. The van der Waals surface area contributed by atoms with Gasteiger partial charge in [0.05, 0.1) is 11.4 Å². The van der Waals surface area contributed by atoms with E-state index in [9.17, 15) is 0 Å². The van der Waals surface area contributed by atoms with Crippen LogP contribution in [0.2, 0.25) is 0 Å². The van der Waals surface area contributed by atoms with E-state index >= 15 is 0 Å². The number of aromatic amines is 1. The minimum atomic E-state index is 0.737. The van der Waals surface area contributed by atoms with Crippen LogP contribution in [0.5, 0.6) is 0 Å². The molecule has 0 saturated carbocycles. The van der Waals surface area contributed by atoms with E-state index in [1.165, 1.54) is 5.39 Å². The Labute approximate surface area is 105 Å². The normalized spacial score (nSPS) is 10.9. The van der Waals surface area contributed by atoms with Gasteiger partial charge in [0, 0.05) is 29.2 Å². The lowest BCUT2D eigenvalue weighted by molar-refractivity contribution is 0.769. The number of fused-ring (bicyclic) bond motifs is 1. The molecule has 0 unspecified atom stereocenters. The van der Waals surface area contributed by atoms with Crippen LogP contribution in [0.15, 0.2) is 42.6 Å². The van der Waals surface area contributed by atoms with Crippen LogP contribution in [0.3, 0.4) is 0 Å². The second-order valence-corrected chi connectivity index (χ2v) is 4.19. The molecule has 0 aliphatic rings. The molecular weight excluding hydrogens is 224 g/mol. The molecule has 0 bridgehead atoms. The molecule has 0 spiro atoms. The Morgan fingerprint density at radius 2 is 2.00 bits per heavy atom. The topological polar surface area (TPSA) is 53.6 Å². The lowest BCUT2D eigenvalue weighted by atomic mass is 10.1. The van der Waals surface area contributed by atoms with Gasteiger partial charge < -0.3 is 10.3 Å². The minimum Gasteiger partial charge on any atom is -0.360 e. The molecule has 3 aromatic rings. The van der Waals surface area contributed by atoms with Crippen LogP contribution in [-0.4, -0.2) is 22.2 Å². The van der Waals surface area contributed by atoms with Gasteiger partial charge in [-0.3, -0.25) is 0 Å². The summed E-state index contributed by atoms with van der Waals surface area (Å²) < 4.78 is 0. The van der Waals surface area contributed by atoms with Crippen LogP contribution in [0.1, 0.15) is 5.69 Å². The molecule has 0 aliphatic heterocycles. The fraction of sp³-hybridized carbons (Fsp3) is 0.143. The van der Waals surface area contributed by atoms with Crippen molar-refractivity contribution in [1.82, 2.24) is 20.5 Å². The first-order valence-corrected chi connectivity index (χ1v) is 5.92. The second-order valence-electron chi connectivity index (χ2n) is 4.19. The predicted octanol–water partition coefficient (Wildman–Crippen LogP) is 2.34. The number of para-hydroxylation sites is 1. The number of aromatic nitrogens is 3. The van der Waals surface area contributed by atoms with Crippen molar-refractivity contribution in [2.24, 2.45) is 0 Å². The summed E-state index contributed by atoms with van der Waals surface area (Å²) >= 11 is 0. The molecule has 4 nitrogen and oxygen atoms in total. The van der Waals surface area contributed by atoms with Crippen molar-refractivity contribution < 1.29 is 0 Å². The molecule has 0 atom stereocenters. The Morgan fingerprint density at radius 3 is 2.78 bits per heavy atom. The highest BCUT2D eigenvalue weighted by molar-refractivity contribution is 5.94. The average Bonchev–Trinajstić information content (AvgIpc) is 2.84. The second kappa shape index (κ2) is 4.58. The summed E-state index contributed by atoms with van der Waals surface area (Å²) in [6, 6.07) is 12.2. The van der Waals surface area contributed by atoms with Crippen LogP contribution in [-0.2, 0) is 6.54 Å². The Bertz CT molecular complexity index is 655. The van der Waals surface area contributed by atoms with Gasteiger partial charge in [0.25, 0.3) is 0 Å². The molecule has 2 N–H and O–H groups in total. The monoisotopic (exact) mass is 238 g/mol. The van der Waals surface area contributed by atoms with Crippen LogP contribution in [0.4, 0.5) is 0 Å². The minimum absolute atomic E-state index is 0.737. The van der Waals surface area contributed by atoms with Crippen molar-refractivity contribution in [1.29, 1.82) is 0 Å². The maximum atomic E-state index is 4.28. The molecular formula is C14H14N4. The molecule has 90 valence electrons. The Hall–Kier alpha value is -2.20. The average molecular weight is 238 g/mol. The van der Waals surface area contributed by atoms with Gasteiger partial charge in [-0.05, 0) is 25.2 Å². The third-order valence-corrected chi connectivity index (χ3v) is 2.94. The molecule has 18 heavy (non-hydrogen) atoms. The first kappa shape index (κ1) is 10.9. The lowest BCUT2D eigenvalue weighted by Gasteiger charge is -2.00. The largest absolute Gasteiger partial charge is 0.360 e. The molecule has 0 saturated heterocycles. The highest BCUT2D eigenvalue weighted by Crippen LogP contribution is 2.26. The van der Waals surface area contributed by atoms with Crippen LogP contribution >= 0.6 is 0 Å². The van der Waals surface area contributed by atoms with Gasteiger partial charge in [-0.25, -0.2) is 0 Å². The Morgan fingerprint density at radius 1 is 1.11 bits per heavy atom. The predicted molar refractivity (Wildman–Crippen MR) is 72.1 cm³/mol. The number of nitrogens with zero attached hydrogens (tertiary/aromatic N) is 2. The van der Waals surface area contributed by atoms with Gasteiger partial charge in [-0.15, -0.1) is 0 Å². The van der Waals surface area contributed by atoms with Crippen LogP contribution in [0, 0.1) is 0 Å². The van der Waals surface area contributed by atoms with Gasteiger partial charge in [0.15, 0.2) is 0 Å². The number of rotatable bonds is 3. The van der Waals surface area contributed by atoms with Gasteiger partial charge >= 0.3 is 0 Å². The summed E-state index contributed by atoms with van der Waals surface area (Å²) in [5, 5.41) is 12.7. The summed E-state index contributed by atoms with van der Waals surface area (Å²) in [6.07, 6.45) is 1.98. The van der Waals surface area contributed by atoms with Gasteiger partial charge in [0.2, 0.25) is 0 Å². The molecule has 2 aromatic heterocycles. The first-order valence-electron chi connectivity index (χ1n) is 5.92. The molecule has 2 heterocycles. The number of nitrogens with one attached hydrogen (secondary N) is 2. The van der Waals surface area contributed by atoms with Crippen molar-refractivity contribution in [3.05, 3.63) is 48.3 Å². The molecule has 0 aliphatic carbocycles. The molecule has 0 amide bonds. The van der Waals surface area contributed by atoms with Gasteiger partial charge in [-0.1, -0.05) is 18.2 Å². The number of hydrogen-bond donors (Lipinski definition) is 2.